The number of rotatable bonds is 5. The van der Waals surface area contributed by atoms with Crippen molar-refractivity contribution in [1.82, 2.24) is 10.2 Å². The molecule has 1 N–H and O–H groups in total. The molecule has 1 aromatic carbocycles. The van der Waals surface area contributed by atoms with Gasteiger partial charge in [0.15, 0.2) is 11.6 Å². The monoisotopic (exact) mass is 312 g/mol. The standard InChI is InChI=1S/C15H18F2N2O3/c1-2-5-18-15(20)19-6-7-21-12(9-19)10-22-14-4-3-11(16)8-13(14)17/h2-4,8,12H,1,5-7,9-10H2,(H,18,20)/t12-/m1/s1. The van der Waals surface area contributed by atoms with Gasteiger partial charge in [0.25, 0.3) is 0 Å². The second-order valence-electron chi connectivity index (χ2n) is 4.80. The van der Waals surface area contributed by atoms with Crippen molar-refractivity contribution in [3.63, 3.8) is 0 Å². The molecule has 1 atom stereocenters. The second-order valence-corrected chi connectivity index (χ2v) is 4.80. The van der Waals surface area contributed by atoms with Crippen LogP contribution in [0, 0.1) is 11.6 Å². The molecule has 2 rings (SSSR count). The van der Waals surface area contributed by atoms with Gasteiger partial charge in [0.2, 0.25) is 0 Å². The highest BCUT2D eigenvalue weighted by Crippen LogP contribution is 2.18. The van der Waals surface area contributed by atoms with Crippen LogP contribution in [-0.2, 0) is 4.74 Å². The number of ether oxygens (including phenoxy) is 2. The molecule has 0 saturated carbocycles. The van der Waals surface area contributed by atoms with Crippen LogP contribution in [0.25, 0.3) is 0 Å². The SMILES string of the molecule is C=CCNC(=O)N1CCO[C@@H](COc2ccc(F)cc2F)C1. The highest BCUT2D eigenvalue weighted by molar-refractivity contribution is 5.74. The van der Waals surface area contributed by atoms with E-state index < -0.39 is 11.6 Å². The third kappa shape index (κ3) is 4.42. The van der Waals surface area contributed by atoms with Crippen LogP contribution in [0.3, 0.4) is 0 Å². The number of hydrogen-bond acceptors (Lipinski definition) is 3. The summed E-state index contributed by atoms with van der Waals surface area (Å²) in [5.41, 5.74) is 0. The first-order chi connectivity index (χ1) is 10.6. The van der Waals surface area contributed by atoms with Crippen molar-refractivity contribution < 1.29 is 23.0 Å². The van der Waals surface area contributed by atoms with E-state index in [1.165, 1.54) is 6.07 Å². The lowest BCUT2D eigenvalue weighted by molar-refractivity contribution is -0.0356. The van der Waals surface area contributed by atoms with E-state index in [4.69, 9.17) is 9.47 Å². The Balaban J connectivity index is 1.85. The van der Waals surface area contributed by atoms with Crippen LogP contribution in [0.1, 0.15) is 0 Å². The number of nitrogens with one attached hydrogen (secondary N) is 1. The summed E-state index contributed by atoms with van der Waals surface area (Å²) in [6.07, 6.45) is 1.23. The maximum absolute atomic E-state index is 13.5. The van der Waals surface area contributed by atoms with Gasteiger partial charge in [-0.25, -0.2) is 13.6 Å². The largest absolute Gasteiger partial charge is 0.488 e. The van der Waals surface area contributed by atoms with Crippen LogP contribution < -0.4 is 10.1 Å². The van der Waals surface area contributed by atoms with E-state index >= 15 is 0 Å². The second kappa shape index (κ2) is 7.74. The Morgan fingerprint density at radius 2 is 2.36 bits per heavy atom. The zero-order chi connectivity index (χ0) is 15.9. The molecule has 0 aromatic heterocycles. The van der Waals surface area contributed by atoms with Crippen molar-refractivity contribution in [2.45, 2.75) is 6.10 Å². The van der Waals surface area contributed by atoms with Gasteiger partial charge in [-0.05, 0) is 12.1 Å². The number of amides is 2. The zero-order valence-corrected chi connectivity index (χ0v) is 12.1. The van der Waals surface area contributed by atoms with E-state index in [9.17, 15) is 13.6 Å². The van der Waals surface area contributed by atoms with Crippen molar-refractivity contribution in [2.75, 3.05) is 32.8 Å². The Morgan fingerprint density at radius 1 is 1.55 bits per heavy atom. The molecule has 22 heavy (non-hydrogen) atoms. The normalized spacial score (nSPS) is 17.9. The van der Waals surface area contributed by atoms with Crippen molar-refractivity contribution >= 4 is 6.03 Å². The third-order valence-electron chi connectivity index (χ3n) is 3.14. The molecule has 5 nitrogen and oxygen atoms in total. The number of urea groups is 1. The molecule has 0 bridgehead atoms. The molecule has 1 saturated heterocycles. The van der Waals surface area contributed by atoms with Crippen molar-refractivity contribution in [1.29, 1.82) is 0 Å². The van der Waals surface area contributed by atoms with E-state index in [-0.39, 0.29) is 24.5 Å². The molecule has 1 aliphatic rings. The van der Waals surface area contributed by atoms with Crippen molar-refractivity contribution in [3.05, 3.63) is 42.5 Å². The molecule has 0 radical (unpaired) electrons. The molecule has 1 fully saturated rings. The maximum Gasteiger partial charge on any atom is 0.317 e. The number of hydrogen-bond donors (Lipinski definition) is 1. The van der Waals surface area contributed by atoms with Gasteiger partial charge in [0, 0.05) is 19.2 Å². The minimum Gasteiger partial charge on any atom is -0.488 e. The Morgan fingerprint density at radius 3 is 3.09 bits per heavy atom. The van der Waals surface area contributed by atoms with E-state index in [2.05, 4.69) is 11.9 Å². The highest BCUT2D eigenvalue weighted by Gasteiger charge is 2.24. The summed E-state index contributed by atoms with van der Waals surface area (Å²) in [6, 6.07) is 2.89. The molecule has 120 valence electrons. The number of benzene rings is 1. The molecule has 1 heterocycles. The topological polar surface area (TPSA) is 50.8 Å². The van der Waals surface area contributed by atoms with Crippen LogP contribution in [-0.4, -0.2) is 49.9 Å². The highest BCUT2D eigenvalue weighted by atomic mass is 19.1. The molecule has 0 unspecified atom stereocenters. The summed E-state index contributed by atoms with van der Waals surface area (Å²) in [4.78, 5) is 13.4. The lowest BCUT2D eigenvalue weighted by Crippen LogP contribution is -2.51. The summed E-state index contributed by atoms with van der Waals surface area (Å²) in [6.45, 7) is 5.19. The van der Waals surface area contributed by atoms with Crippen LogP contribution in [0.5, 0.6) is 5.75 Å². The predicted octanol–water partition coefficient (Wildman–Crippen LogP) is 1.94. The summed E-state index contributed by atoms with van der Waals surface area (Å²) in [5, 5.41) is 2.68. The Labute approximate surface area is 127 Å². The third-order valence-corrected chi connectivity index (χ3v) is 3.14. The van der Waals surface area contributed by atoms with E-state index in [1.807, 2.05) is 0 Å². The van der Waals surface area contributed by atoms with Gasteiger partial charge in [0.1, 0.15) is 18.5 Å². The van der Waals surface area contributed by atoms with Gasteiger partial charge in [-0.15, -0.1) is 6.58 Å². The molecular formula is C15H18F2N2O3. The van der Waals surface area contributed by atoms with Crippen LogP contribution in [0.4, 0.5) is 13.6 Å². The Kier molecular flexibility index (Phi) is 5.71. The molecule has 1 aliphatic heterocycles. The first-order valence-corrected chi connectivity index (χ1v) is 6.93. The van der Waals surface area contributed by atoms with E-state index in [0.717, 1.165) is 12.1 Å². The smallest absolute Gasteiger partial charge is 0.317 e. The number of morpholine rings is 1. The van der Waals surface area contributed by atoms with E-state index in [0.29, 0.717) is 26.2 Å². The van der Waals surface area contributed by atoms with Crippen molar-refractivity contribution in [2.24, 2.45) is 0 Å². The maximum atomic E-state index is 13.5. The van der Waals surface area contributed by atoms with Crippen LogP contribution in [0.2, 0.25) is 0 Å². The Hall–Kier alpha value is -2.15. The number of halogens is 2. The Bertz CT molecular complexity index is 540. The fourth-order valence-corrected chi connectivity index (χ4v) is 2.05. The minimum atomic E-state index is -0.767. The lowest BCUT2D eigenvalue weighted by Gasteiger charge is -2.32. The van der Waals surface area contributed by atoms with Crippen LogP contribution >= 0.6 is 0 Å². The van der Waals surface area contributed by atoms with Crippen LogP contribution in [0.15, 0.2) is 30.9 Å². The summed E-state index contributed by atoms with van der Waals surface area (Å²) in [5.74, 6) is -1.47. The molecule has 2 amide bonds. The molecule has 0 aliphatic carbocycles. The van der Waals surface area contributed by atoms with Gasteiger partial charge >= 0.3 is 6.03 Å². The zero-order valence-electron chi connectivity index (χ0n) is 12.1. The summed E-state index contributed by atoms with van der Waals surface area (Å²) < 4.78 is 37.0. The number of carbonyl (C=O) groups excluding carboxylic acids is 1. The first kappa shape index (κ1) is 16.2. The van der Waals surface area contributed by atoms with Gasteiger partial charge in [0.05, 0.1) is 13.2 Å². The average molecular weight is 312 g/mol. The van der Waals surface area contributed by atoms with Gasteiger partial charge in [-0.3, -0.25) is 0 Å². The fourth-order valence-electron chi connectivity index (χ4n) is 2.05. The lowest BCUT2D eigenvalue weighted by atomic mass is 10.3. The first-order valence-electron chi connectivity index (χ1n) is 6.93. The van der Waals surface area contributed by atoms with Gasteiger partial charge < -0.3 is 19.7 Å². The molecular weight excluding hydrogens is 294 g/mol. The van der Waals surface area contributed by atoms with Gasteiger partial charge in [-0.2, -0.15) is 0 Å². The van der Waals surface area contributed by atoms with E-state index in [1.54, 1.807) is 11.0 Å². The van der Waals surface area contributed by atoms with Crippen molar-refractivity contribution in [3.8, 4) is 5.75 Å². The van der Waals surface area contributed by atoms with Gasteiger partial charge in [-0.1, -0.05) is 6.08 Å². The fraction of sp³-hybridized carbons (Fsp3) is 0.400. The average Bonchev–Trinajstić information content (AvgIpc) is 2.52. The summed E-state index contributed by atoms with van der Waals surface area (Å²) >= 11 is 0. The quantitative estimate of drug-likeness (QED) is 0.846. The minimum absolute atomic E-state index is 0.0433. The molecule has 1 aromatic rings. The molecule has 0 spiro atoms. The predicted molar refractivity (Wildman–Crippen MR) is 76.8 cm³/mol. The molecule has 7 heteroatoms. The summed E-state index contributed by atoms with van der Waals surface area (Å²) in [7, 11) is 0. The number of nitrogens with zero attached hydrogens (tertiary/aromatic N) is 1. The number of carbonyl (C=O) groups is 1.